The summed E-state index contributed by atoms with van der Waals surface area (Å²) in [6.07, 6.45) is 4.77. The predicted molar refractivity (Wildman–Crippen MR) is 79.1 cm³/mol. The summed E-state index contributed by atoms with van der Waals surface area (Å²) in [6.45, 7) is 2.95. The fourth-order valence-electron chi connectivity index (χ4n) is 1.49. The first kappa shape index (κ1) is 13.7. The molecule has 1 N–H and O–H groups in total. The molecule has 0 fully saturated rings. The van der Waals surface area contributed by atoms with Crippen LogP contribution in [0, 0.1) is 0 Å². The van der Waals surface area contributed by atoms with Crippen LogP contribution in [0.3, 0.4) is 0 Å². The van der Waals surface area contributed by atoms with E-state index in [0.717, 1.165) is 18.7 Å². The molecule has 1 aromatic heterocycles. The van der Waals surface area contributed by atoms with Crippen LogP contribution >= 0.6 is 11.8 Å². The lowest BCUT2D eigenvalue weighted by Gasteiger charge is -2.07. The Hall–Kier alpha value is -1.75. The second kappa shape index (κ2) is 6.99. The maximum Gasteiger partial charge on any atom is 0.225 e. The third kappa shape index (κ3) is 4.13. The molecule has 0 spiro atoms. The van der Waals surface area contributed by atoms with Crippen molar-refractivity contribution in [2.45, 2.75) is 18.2 Å². The summed E-state index contributed by atoms with van der Waals surface area (Å²) in [5, 5.41) is 3.13. The number of aromatic nitrogens is 2. The second-order valence-corrected chi connectivity index (χ2v) is 4.80. The first-order valence-corrected chi connectivity index (χ1v) is 7.43. The van der Waals surface area contributed by atoms with Crippen molar-refractivity contribution in [3.8, 4) is 11.6 Å². The molecule has 1 aromatic carbocycles. The molecule has 0 aliphatic rings. The van der Waals surface area contributed by atoms with E-state index in [-0.39, 0.29) is 0 Å². The molecule has 0 aliphatic carbocycles. The van der Waals surface area contributed by atoms with E-state index in [4.69, 9.17) is 4.74 Å². The van der Waals surface area contributed by atoms with Gasteiger partial charge in [-0.3, -0.25) is 0 Å². The Morgan fingerprint density at radius 2 is 2.00 bits per heavy atom. The maximum absolute atomic E-state index is 5.70. The summed E-state index contributed by atoms with van der Waals surface area (Å²) in [5.41, 5.74) is 0. The van der Waals surface area contributed by atoms with E-state index in [1.807, 2.05) is 30.5 Å². The van der Waals surface area contributed by atoms with Gasteiger partial charge < -0.3 is 10.1 Å². The van der Waals surface area contributed by atoms with Crippen molar-refractivity contribution in [3.05, 3.63) is 36.5 Å². The van der Waals surface area contributed by atoms with E-state index < -0.39 is 0 Å². The van der Waals surface area contributed by atoms with Gasteiger partial charge in [-0.1, -0.05) is 6.92 Å². The molecule has 2 rings (SSSR count). The molecule has 0 saturated carbocycles. The Morgan fingerprint density at radius 3 is 2.68 bits per heavy atom. The van der Waals surface area contributed by atoms with E-state index in [1.165, 1.54) is 4.90 Å². The molecule has 0 amide bonds. The maximum atomic E-state index is 5.70. The van der Waals surface area contributed by atoms with Gasteiger partial charge in [0.25, 0.3) is 0 Å². The minimum absolute atomic E-state index is 0.547. The molecule has 0 unspecified atom stereocenters. The average molecular weight is 275 g/mol. The zero-order valence-corrected chi connectivity index (χ0v) is 11.9. The van der Waals surface area contributed by atoms with Gasteiger partial charge in [-0.25, -0.2) is 4.98 Å². The number of benzene rings is 1. The largest absolute Gasteiger partial charge is 0.439 e. The molecule has 0 bridgehead atoms. The lowest BCUT2D eigenvalue weighted by Crippen LogP contribution is -2.04. The number of nitrogens with zero attached hydrogens (tertiary/aromatic N) is 2. The molecular formula is C14H17N3OS. The zero-order chi connectivity index (χ0) is 13.5. The molecule has 0 aliphatic heterocycles. The van der Waals surface area contributed by atoms with Crippen LogP contribution in [0.4, 0.5) is 5.95 Å². The number of anilines is 1. The highest BCUT2D eigenvalue weighted by atomic mass is 32.2. The van der Waals surface area contributed by atoms with Crippen molar-refractivity contribution in [2.24, 2.45) is 0 Å². The zero-order valence-electron chi connectivity index (χ0n) is 11.1. The van der Waals surface area contributed by atoms with Crippen LogP contribution in [0.15, 0.2) is 41.4 Å². The van der Waals surface area contributed by atoms with E-state index in [9.17, 15) is 0 Å². The summed E-state index contributed by atoms with van der Waals surface area (Å²) >= 11 is 1.70. The van der Waals surface area contributed by atoms with E-state index in [2.05, 4.69) is 22.2 Å². The molecule has 1 heterocycles. The summed E-state index contributed by atoms with van der Waals surface area (Å²) in [4.78, 5) is 9.65. The molecular weight excluding hydrogens is 258 g/mol. The molecule has 4 nitrogen and oxygen atoms in total. The highest BCUT2D eigenvalue weighted by Gasteiger charge is 2.01. The van der Waals surface area contributed by atoms with Crippen LogP contribution in [0.1, 0.15) is 13.3 Å². The summed E-state index contributed by atoms with van der Waals surface area (Å²) in [7, 11) is 0. The summed E-state index contributed by atoms with van der Waals surface area (Å²) in [6, 6.07) is 9.68. The van der Waals surface area contributed by atoms with Gasteiger partial charge in [-0.05, 0) is 36.9 Å². The first-order chi connectivity index (χ1) is 9.31. The molecule has 19 heavy (non-hydrogen) atoms. The van der Waals surface area contributed by atoms with E-state index in [1.54, 1.807) is 24.0 Å². The number of thioether (sulfide) groups is 1. The lowest BCUT2D eigenvalue weighted by molar-refractivity contribution is 0.462. The van der Waals surface area contributed by atoms with Crippen LogP contribution in [0.5, 0.6) is 11.6 Å². The Labute approximate surface area is 117 Å². The van der Waals surface area contributed by atoms with Gasteiger partial charge >= 0.3 is 0 Å². The Kier molecular flexibility index (Phi) is 5.03. The molecule has 100 valence electrons. The molecule has 0 saturated heterocycles. The van der Waals surface area contributed by atoms with Crippen LogP contribution in [-0.2, 0) is 0 Å². The number of hydrogen-bond donors (Lipinski definition) is 1. The fraction of sp³-hybridized carbons (Fsp3) is 0.286. The number of rotatable bonds is 6. The van der Waals surface area contributed by atoms with Gasteiger partial charge in [0.1, 0.15) is 5.75 Å². The Bertz CT molecular complexity index is 516. The van der Waals surface area contributed by atoms with Crippen LogP contribution in [0.2, 0.25) is 0 Å². The fourth-order valence-corrected chi connectivity index (χ4v) is 1.89. The molecule has 5 heteroatoms. The van der Waals surface area contributed by atoms with Crippen LogP contribution in [-0.4, -0.2) is 22.8 Å². The van der Waals surface area contributed by atoms with Crippen molar-refractivity contribution in [3.63, 3.8) is 0 Å². The predicted octanol–water partition coefficient (Wildman–Crippen LogP) is 3.81. The third-order valence-electron chi connectivity index (χ3n) is 2.44. The normalized spacial score (nSPS) is 10.2. The van der Waals surface area contributed by atoms with E-state index >= 15 is 0 Å². The minimum atomic E-state index is 0.547. The number of nitrogens with one attached hydrogen (secondary N) is 1. The average Bonchev–Trinajstić information content (AvgIpc) is 2.46. The van der Waals surface area contributed by atoms with Crippen molar-refractivity contribution < 1.29 is 4.74 Å². The molecule has 0 radical (unpaired) electrons. The van der Waals surface area contributed by atoms with Gasteiger partial charge in [0.2, 0.25) is 11.8 Å². The van der Waals surface area contributed by atoms with Gasteiger partial charge in [0, 0.05) is 23.7 Å². The standard InChI is InChI=1S/C14H17N3OS/c1-3-9-15-14-16-10-8-13(17-14)18-11-4-6-12(19-2)7-5-11/h4-8,10H,3,9H2,1-2H3,(H,15,16,17). The highest BCUT2D eigenvalue weighted by Crippen LogP contribution is 2.23. The summed E-state index contributed by atoms with van der Waals surface area (Å²) in [5.74, 6) is 1.92. The monoisotopic (exact) mass is 275 g/mol. The van der Waals surface area contributed by atoms with E-state index in [0.29, 0.717) is 11.8 Å². The smallest absolute Gasteiger partial charge is 0.225 e. The van der Waals surface area contributed by atoms with Gasteiger partial charge in [-0.2, -0.15) is 4.98 Å². The van der Waals surface area contributed by atoms with Crippen LogP contribution < -0.4 is 10.1 Å². The SMILES string of the molecule is CCCNc1nccc(Oc2ccc(SC)cc2)n1. The van der Waals surface area contributed by atoms with Crippen molar-refractivity contribution in [2.75, 3.05) is 18.1 Å². The molecule has 0 atom stereocenters. The first-order valence-electron chi connectivity index (χ1n) is 6.20. The second-order valence-electron chi connectivity index (χ2n) is 3.92. The number of ether oxygens (including phenoxy) is 1. The van der Waals surface area contributed by atoms with Gasteiger partial charge in [0.15, 0.2) is 0 Å². The number of hydrogen-bond acceptors (Lipinski definition) is 5. The highest BCUT2D eigenvalue weighted by molar-refractivity contribution is 7.98. The van der Waals surface area contributed by atoms with Crippen LogP contribution in [0.25, 0.3) is 0 Å². The lowest BCUT2D eigenvalue weighted by atomic mass is 10.3. The van der Waals surface area contributed by atoms with Crippen molar-refractivity contribution >= 4 is 17.7 Å². The van der Waals surface area contributed by atoms with Crippen molar-refractivity contribution in [1.82, 2.24) is 9.97 Å². The summed E-state index contributed by atoms with van der Waals surface area (Å²) < 4.78 is 5.70. The minimum Gasteiger partial charge on any atom is -0.439 e. The van der Waals surface area contributed by atoms with Gasteiger partial charge in [-0.15, -0.1) is 11.8 Å². The topological polar surface area (TPSA) is 47.0 Å². The van der Waals surface area contributed by atoms with Gasteiger partial charge in [0.05, 0.1) is 0 Å². The molecule has 2 aromatic rings. The quantitative estimate of drug-likeness (QED) is 0.812. The Morgan fingerprint density at radius 1 is 1.21 bits per heavy atom. The Balaban J connectivity index is 2.05. The van der Waals surface area contributed by atoms with Crippen molar-refractivity contribution in [1.29, 1.82) is 0 Å². The third-order valence-corrected chi connectivity index (χ3v) is 3.19.